The van der Waals surface area contributed by atoms with Crippen LogP contribution in [0.25, 0.3) is 0 Å². The van der Waals surface area contributed by atoms with Crippen LogP contribution in [0.2, 0.25) is 0 Å². The summed E-state index contributed by atoms with van der Waals surface area (Å²) in [6, 6.07) is -3.15. The number of quaternary nitrogens is 1. The Morgan fingerprint density at radius 1 is 0.606 bits per heavy atom. The van der Waals surface area contributed by atoms with Gasteiger partial charge in [0.05, 0.1) is 6.54 Å². The molecule has 0 heterocycles. The van der Waals surface area contributed by atoms with Gasteiger partial charge in [-0.1, -0.05) is 52.7 Å². The molecule has 7 heteroatoms. The first kappa shape index (κ1) is 31.1. The highest BCUT2D eigenvalue weighted by atomic mass is 16.4. The number of allylic oxidation sites excluding steroid dienone is 2. The molecule has 0 fully saturated rings. The summed E-state index contributed by atoms with van der Waals surface area (Å²) in [5, 5.41) is 30.5. The number of hydrogen-bond acceptors (Lipinski definition) is 3. The Hall–Kier alpha value is -1.89. The summed E-state index contributed by atoms with van der Waals surface area (Å²) in [7, 11) is 0. The topological polar surface area (TPSA) is 112 Å². The fraction of sp³-hybridized carbons (Fsp3) is 0.808. The van der Waals surface area contributed by atoms with E-state index in [4.69, 9.17) is 0 Å². The van der Waals surface area contributed by atoms with Crippen LogP contribution < -0.4 is 0 Å². The minimum absolute atomic E-state index is 0.254. The normalized spacial score (nSPS) is 16.2. The van der Waals surface area contributed by atoms with Crippen molar-refractivity contribution in [1.82, 2.24) is 0 Å². The van der Waals surface area contributed by atoms with Crippen LogP contribution >= 0.6 is 0 Å². The second-order valence-electron chi connectivity index (χ2n) is 9.11. The average molecular weight is 471 g/mol. The van der Waals surface area contributed by atoms with Crippen LogP contribution in [0, 0.1) is 0 Å². The molecule has 0 saturated heterocycles. The Morgan fingerprint density at radius 2 is 1.00 bits per heavy atom. The number of nitrogens with zero attached hydrogens (tertiary/aromatic N) is 1. The third-order valence-electron chi connectivity index (χ3n) is 6.59. The maximum atomic E-state index is 12.4. The van der Waals surface area contributed by atoms with Gasteiger partial charge in [-0.3, -0.25) is 4.48 Å². The van der Waals surface area contributed by atoms with Crippen LogP contribution in [0.1, 0.15) is 111 Å². The van der Waals surface area contributed by atoms with Crippen molar-refractivity contribution in [3.63, 3.8) is 0 Å². The SMILES string of the molecule is CCCC/C=C/CCCCC[N+](C(CCC)C(=O)O)(C(CCC)C(=O)O)C(CCC)C(=O)O. The standard InChI is InChI=1S/C26H47NO6/c1-5-9-10-11-12-13-14-15-16-20-27(21(17-6-2)24(28)29,22(18-7-3)25(30)31)23(19-8-4)26(32)33/h11-12,21-23H,5-10,13-20H2,1-4H3,(H2-,28,29,30,31,32,33)/p+1/b12-11+. The first-order chi connectivity index (χ1) is 15.7. The third kappa shape index (κ3) is 9.86. The molecular formula is C26H48NO6+. The molecule has 3 N–H and O–H groups in total. The van der Waals surface area contributed by atoms with Crippen LogP contribution in [-0.2, 0) is 14.4 Å². The van der Waals surface area contributed by atoms with Crippen molar-refractivity contribution < 1.29 is 34.2 Å². The second-order valence-corrected chi connectivity index (χ2v) is 9.11. The number of carboxylic acids is 3. The number of rotatable bonds is 21. The zero-order chi connectivity index (χ0) is 25.3. The van der Waals surface area contributed by atoms with Crippen LogP contribution in [0.15, 0.2) is 12.2 Å². The van der Waals surface area contributed by atoms with Gasteiger partial charge in [0.25, 0.3) is 0 Å². The lowest BCUT2D eigenvalue weighted by atomic mass is 9.91. The first-order valence-corrected chi connectivity index (χ1v) is 12.9. The van der Waals surface area contributed by atoms with Gasteiger partial charge in [0.1, 0.15) is 0 Å². The lowest BCUT2D eigenvalue weighted by molar-refractivity contribution is -0.973. The van der Waals surface area contributed by atoms with Crippen LogP contribution in [0.4, 0.5) is 0 Å². The van der Waals surface area contributed by atoms with Crippen molar-refractivity contribution in [2.45, 2.75) is 129 Å². The molecule has 0 spiro atoms. The maximum absolute atomic E-state index is 12.4. The Balaban J connectivity index is 6.05. The number of carboxylic acid groups (broad SMARTS) is 3. The minimum Gasteiger partial charge on any atom is -0.477 e. The smallest absolute Gasteiger partial charge is 0.362 e. The second kappa shape index (κ2) is 17.6. The van der Waals surface area contributed by atoms with E-state index in [1.807, 2.05) is 20.8 Å². The van der Waals surface area contributed by atoms with Crippen molar-refractivity contribution >= 4 is 17.9 Å². The van der Waals surface area contributed by atoms with E-state index in [0.717, 1.165) is 32.1 Å². The van der Waals surface area contributed by atoms with Gasteiger partial charge in [-0.25, -0.2) is 14.4 Å². The van der Waals surface area contributed by atoms with Gasteiger partial charge in [0, 0.05) is 19.3 Å². The molecule has 0 radical (unpaired) electrons. The summed E-state index contributed by atoms with van der Waals surface area (Å²) in [4.78, 5) is 37.3. The van der Waals surface area contributed by atoms with Crippen LogP contribution in [0.5, 0.6) is 0 Å². The number of unbranched alkanes of at least 4 members (excludes halogenated alkanes) is 5. The molecule has 0 aliphatic heterocycles. The summed E-state index contributed by atoms with van der Waals surface area (Å²) < 4.78 is -0.387. The molecule has 0 rings (SSSR count). The monoisotopic (exact) mass is 470 g/mol. The maximum Gasteiger partial charge on any atom is 0.362 e. The molecule has 0 aromatic heterocycles. The Kier molecular flexibility index (Phi) is 16.6. The number of hydrogen-bond donors (Lipinski definition) is 3. The summed E-state index contributed by atoms with van der Waals surface area (Å²) in [6.45, 7) is 8.00. The average Bonchev–Trinajstić information content (AvgIpc) is 2.76. The van der Waals surface area contributed by atoms with E-state index < -0.39 is 36.0 Å². The quantitative estimate of drug-likeness (QED) is 0.110. The van der Waals surface area contributed by atoms with Crippen molar-refractivity contribution in [3.05, 3.63) is 12.2 Å². The number of carbonyl (C=O) groups is 3. The summed E-state index contributed by atoms with van der Waals surface area (Å²) in [5.41, 5.74) is 0. The fourth-order valence-corrected chi connectivity index (χ4v) is 5.03. The lowest BCUT2D eigenvalue weighted by Gasteiger charge is -2.50. The molecule has 0 bridgehead atoms. The van der Waals surface area contributed by atoms with Crippen molar-refractivity contribution in [2.24, 2.45) is 0 Å². The van der Waals surface area contributed by atoms with Gasteiger partial charge in [-0.2, -0.15) is 0 Å². The van der Waals surface area contributed by atoms with E-state index in [9.17, 15) is 29.7 Å². The van der Waals surface area contributed by atoms with E-state index in [2.05, 4.69) is 19.1 Å². The zero-order valence-corrected chi connectivity index (χ0v) is 21.3. The molecule has 7 nitrogen and oxygen atoms in total. The Bertz CT molecular complexity index is 544. The summed E-state index contributed by atoms with van der Waals surface area (Å²) in [5.74, 6) is -3.29. The van der Waals surface area contributed by atoms with E-state index in [0.29, 0.717) is 25.7 Å². The Morgan fingerprint density at radius 3 is 1.33 bits per heavy atom. The lowest BCUT2D eigenvalue weighted by Crippen LogP contribution is -2.72. The van der Waals surface area contributed by atoms with Crippen LogP contribution in [0.3, 0.4) is 0 Å². The molecule has 192 valence electrons. The van der Waals surface area contributed by atoms with E-state index in [1.165, 1.54) is 6.42 Å². The first-order valence-electron chi connectivity index (χ1n) is 12.9. The van der Waals surface area contributed by atoms with Gasteiger partial charge in [-0.05, 0) is 51.4 Å². The highest BCUT2D eigenvalue weighted by molar-refractivity contribution is 5.78. The van der Waals surface area contributed by atoms with Gasteiger partial charge < -0.3 is 15.3 Å². The molecule has 3 unspecified atom stereocenters. The van der Waals surface area contributed by atoms with Gasteiger partial charge in [0.2, 0.25) is 0 Å². The highest BCUT2D eigenvalue weighted by Crippen LogP contribution is 2.34. The molecule has 0 aromatic rings. The molecule has 0 aliphatic rings. The highest BCUT2D eigenvalue weighted by Gasteiger charge is 2.56. The van der Waals surface area contributed by atoms with Gasteiger partial charge >= 0.3 is 17.9 Å². The summed E-state index contributed by atoms with van der Waals surface area (Å²) >= 11 is 0. The number of aliphatic carboxylic acids is 3. The van der Waals surface area contributed by atoms with E-state index >= 15 is 0 Å². The summed E-state index contributed by atoms with van der Waals surface area (Å²) in [6.07, 6.45) is 13.5. The van der Waals surface area contributed by atoms with Crippen molar-refractivity contribution in [1.29, 1.82) is 0 Å². The molecule has 33 heavy (non-hydrogen) atoms. The molecule has 0 amide bonds. The van der Waals surface area contributed by atoms with E-state index in [-0.39, 0.29) is 30.3 Å². The van der Waals surface area contributed by atoms with Crippen molar-refractivity contribution in [2.75, 3.05) is 6.54 Å². The predicted molar refractivity (Wildman–Crippen MR) is 131 cm³/mol. The largest absolute Gasteiger partial charge is 0.477 e. The molecule has 3 atom stereocenters. The molecule has 0 aliphatic carbocycles. The third-order valence-corrected chi connectivity index (χ3v) is 6.59. The zero-order valence-electron chi connectivity index (χ0n) is 21.3. The minimum atomic E-state index is -1.10. The van der Waals surface area contributed by atoms with Crippen LogP contribution in [-0.4, -0.2) is 62.4 Å². The fourth-order valence-electron chi connectivity index (χ4n) is 5.03. The van der Waals surface area contributed by atoms with Gasteiger partial charge in [-0.15, -0.1) is 0 Å². The Labute approximate surface area is 200 Å². The molecule has 0 saturated carbocycles. The molecular weight excluding hydrogens is 422 g/mol. The molecule has 0 aromatic carbocycles. The predicted octanol–water partition coefficient (Wildman–Crippen LogP) is 5.87. The van der Waals surface area contributed by atoms with Crippen molar-refractivity contribution in [3.8, 4) is 0 Å². The van der Waals surface area contributed by atoms with Gasteiger partial charge in [0.15, 0.2) is 18.1 Å². The van der Waals surface area contributed by atoms with E-state index in [1.54, 1.807) is 0 Å².